The number of hydrogen-bond acceptors (Lipinski definition) is 2. The van der Waals surface area contributed by atoms with Crippen molar-refractivity contribution in [3.63, 3.8) is 0 Å². The summed E-state index contributed by atoms with van der Waals surface area (Å²) in [6.07, 6.45) is 0.236. The SMILES string of the molecule is COc1ccc(C[C@H](C(=O)O)c2ccccc2F)cc1. The van der Waals surface area contributed by atoms with Gasteiger partial charge in [0.05, 0.1) is 13.0 Å². The van der Waals surface area contributed by atoms with E-state index in [1.54, 1.807) is 43.5 Å². The van der Waals surface area contributed by atoms with E-state index in [0.717, 1.165) is 5.56 Å². The first-order valence-corrected chi connectivity index (χ1v) is 6.22. The predicted molar refractivity (Wildman–Crippen MR) is 73.5 cm³/mol. The van der Waals surface area contributed by atoms with Crippen molar-refractivity contribution in [1.82, 2.24) is 0 Å². The molecule has 0 aliphatic carbocycles. The van der Waals surface area contributed by atoms with E-state index in [2.05, 4.69) is 0 Å². The highest BCUT2D eigenvalue weighted by Gasteiger charge is 2.23. The standard InChI is InChI=1S/C16H15FO3/c1-20-12-8-6-11(7-9-12)10-14(16(18)19)13-4-2-3-5-15(13)17/h2-9,14H,10H2,1H3,(H,18,19)/t14-/m0/s1. The third-order valence-corrected chi connectivity index (χ3v) is 3.18. The molecule has 104 valence electrons. The maximum absolute atomic E-state index is 13.7. The van der Waals surface area contributed by atoms with Crippen LogP contribution in [0.5, 0.6) is 5.75 Å². The van der Waals surface area contributed by atoms with Crippen molar-refractivity contribution in [1.29, 1.82) is 0 Å². The first-order chi connectivity index (χ1) is 9.61. The molecule has 2 rings (SSSR count). The molecular formula is C16H15FO3. The van der Waals surface area contributed by atoms with Crippen LogP contribution in [0.2, 0.25) is 0 Å². The molecule has 0 aliphatic heterocycles. The number of carbonyl (C=O) groups is 1. The average molecular weight is 274 g/mol. The molecule has 4 heteroatoms. The molecule has 0 saturated heterocycles. The quantitative estimate of drug-likeness (QED) is 0.910. The molecule has 0 unspecified atom stereocenters. The summed E-state index contributed by atoms with van der Waals surface area (Å²) >= 11 is 0. The molecule has 0 heterocycles. The topological polar surface area (TPSA) is 46.5 Å². The number of hydrogen-bond donors (Lipinski definition) is 1. The molecule has 0 fully saturated rings. The zero-order valence-electron chi connectivity index (χ0n) is 11.0. The first-order valence-electron chi connectivity index (χ1n) is 6.22. The molecule has 2 aromatic rings. The van der Waals surface area contributed by atoms with E-state index >= 15 is 0 Å². The summed E-state index contributed by atoms with van der Waals surface area (Å²) in [5.41, 5.74) is 1.03. The highest BCUT2D eigenvalue weighted by Crippen LogP contribution is 2.24. The van der Waals surface area contributed by atoms with E-state index in [4.69, 9.17) is 4.74 Å². The molecule has 20 heavy (non-hydrogen) atoms. The molecule has 3 nitrogen and oxygen atoms in total. The monoisotopic (exact) mass is 274 g/mol. The minimum Gasteiger partial charge on any atom is -0.497 e. The summed E-state index contributed by atoms with van der Waals surface area (Å²) in [6, 6.07) is 13.1. The summed E-state index contributed by atoms with van der Waals surface area (Å²) in [7, 11) is 1.56. The van der Waals surface area contributed by atoms with E-state index in [1.165, 1.54) is 12.1 Å². The minimum absolute atomic E-state index is 0.204. The fraction of sp³-hybridized carbons (Fsp3) is 0.188. The van der Waals surface area contributed by atoms with Crippen LogP contribution >= 0.6 is 0 Å². The maximum atomic E-state index is 13.7. The molecule has 1 N–H and O–H groups in total. The Morgan fingerprint density at radius 3 is 2.40 bits per heavy atom. The van der Waals surface area contributed by atoms with Crippen molar-refractivity contribution in [2.45, 2.75) is 12.3 Å². The van der Waals surface area contributed by atoms with Crippen molar-refractivity contribution >= 4 is 5.97 Å². The third-order valence-electron chi connectivity index (χ3n) is 3.18. The molecule has 0 aromatic heterocycles. The normalized spacial score (nSPS) is 11.9. The second-order valence-electron chi connectivity index (χ2n) is 4.46. The fourth-order valence-corrected chi connectivity index (χ4v) is 2.09. The van der Waals surface area contributed by atoms with Crippen LogP contribution in [-0.2, 0) is 11.2 Å². The second-order valence-corrected chi connectivity index (χ2v) is 4.46. The lowest BCUT2D eigenvalue weighted by Crippen LogP contribution is -2.15. The van der Waals surface area contributed by atoms with Gasteiger partial charge in [-0.1, -0.05) is 30.3 Å². The lowest BCUT2D eigenvalue weighted by atomic mass is 9.91. The Hall–Kier alpha value is -2.36. The van der Waals surface area contributed by atoms with E-state index in [0.29, 0.717) is 5.75 Å². The molecule has 0 aliphatic rings. The first kappa shape index (κ1) is 14.1. The Labute approximate surface area is 116 Å². The van der Waals surface area contributed by atoms with Gasteiger partial charge in [-0.3, -0.25) is 4.79 Å². The molecule has 0 bridgehead atoms. The zero-order valence-corrected chi connectivity index (χ0v) is 11.0. The number of carboxylic acids is 1. The summed E-state index contributed by atoms with van der Waals surface area (Å²) in [5.74, 6) is -1.73. The van der Waals surface area contributed by atoms with Gasteiger partial charge in [0.25, 0.3) is 0 Å². The van der Waals surface area contributed by atoms with E-state index in [-0.39, 0.29) is 12.0 Å². The fourth-order valence-electron chi connectivity index (χ4n) is 2.09. The summed E-state index contributed by atoms with van der Waals surface area (Å²) < 4.78 is 18.8. The smallest absolute Gasteiger partial charge is 0.311 e. The lowest BCUT2D eigenvalue weighted by molar-refractivity contribution is -0.138. The molecule has 0 saturated carbocycles. The van der Waals surface area contributed by atoms with E-state index in [1.807, 2.05) is 0 Å². The number of aliphatic carboxylic acids is 1. The molecule has 2 aromatic carbocycles. The Morgan fingerprint density at radius 2 is 1.85 bits per heavy atom. The van der Waals surface area contributed by atoms with Crippen LogP contribution in [0, 0.1) is 5.82 Å². The van der Waals surface area contributed by atoms with Crippen LogP contribution in [0.15, 0.2) is 48.5 Å². The zero-order chi connectivity index (χ0) is 14.5. The lowest BCUT2D eigenvalue weighted by Gasteiger charge is -2.14. The van der Waals surface area contributed by atoms with Crippen molar-refractivity contribution < 1.29 is 19.0 Å². The maximum Gasteiger partial charge on any atom is 0.311 e. The number of halogens is 1. The van der Waals surface area contributed by atoms with Crippen molar-refractivity contribution in [2.24, 2.45) is 0 Å². The van der Waals surface area contributed by atoms with Crippen LogP contribution in [0.4, 0.5) is 4.39 Å². The second kappa shape index (κ2) is 6.19. The van der Waals surface area contributed by atoms with Crippen LogP contribution in [0.3, 0.4) is 0 Å². The van der Waals surface area contributed by atoms with Crippen LogP contribution in [-0.4, -0.2) is 18.2 Å². The van der Waals surface area contributed by atoms with Crippen LogP contribution in [0.1, 0.15) is 17.0 Å². The molecule has 0 amide bonds. The average Bonchev–Trinajstić information content (AvgIpc) is 2.46. The van der Waals surface area contributed by atoms with Gasteiger partial charge in [-0.2, -0.15) is 0 Å². The molecule has 0 radical (unpaired) electrons. The Morgan fingerprint density at radius 1 is 1.20 bits per heavy atom. The third kappa shape index (κ3) is 3.15. The van der Waals surface area contributed by atoms with Gasteiger partial charge in [0.1, 0.15) is 11.6 Å². The largest absolute Gasteiger partial charge is 0.497 e. The van der Waals surface area contributed by atoms with E-state index < -0.39 is 17.7 Å². The number of methoxy groups -OCH3 is 1. The van der Waals surface area contributed by atoms with E-state index in [9.17, 15) is 14.3 Å². The highest BCUT2D eigenvalue weighted by atomic mass is 19.1. The van der Waals surface area contributed by atoms with Gasteiger partial charge in [-0.05, 0) is 30.2 Å². The van der Waals surface area contributed by atoms with Crippen molar-refractivity contribution in [3.8, 4) is 5.75 Å². The number of benzene rings is 2. The molecular weight excluding hydrogens is 259 g/mol. The van der Waals surface area contributed by atoms with Crippen LogP contribution < -0.4 is 4.74 Å². The minimum atomic E-state index is -1.04. The van der Waals surface area contributed by atoms with Gasteiger partial charge in [0.15, 0.2) is 0 Å². The summed E-state index contributed by atoms with van der Waals surface area (Å²) in [5, 5.41) is 9.32. The molecule has 0 spiro atoms. The number of carboxylic acid groups (broad SMARTS) is 1. The van der Waals surface area contributed by atoms with Gasteiger partial charge < -0.3 is 9.84 Å². The van der Waals surface area contributed by atoms with Gasteiger partial charge in [-0.15, -0.1) is 0 Å². The van der Waals surface area contributed by atoms with Gasteiger partial charge in [0.2, 0.25) is 0 Å². The Kier molecular flexibility index (Phi) is 4.35. The van der Waals surface area contributed by atoms with Gasteiger partial charge in [-0.25, -0.2) is 4.39 Å². The van der Waals surface area contributed by atoms with Crippen molar-refractivity contribution in [3.05, 3.63) is 65.5 Å². The number of rotatable bonds is 5. The Balaban J connectivity index is 2.26. The van der Waals surface area contributed by atoms with Crippen LogP contribution in [0.25, 0.3) is 0 Å². The summed E-state index contributed by atoms with van der Waals surface area (Å²) in [4.78, 5) is 11.4. The molecule has 1 atom stereocenters. The van der Waals surface area contributed by atoms with Crippen molar-refractivity contribution in [2.75, 3.05) is 7.11 Å². The number of ether oxygens (including phenoxy) is 1. The Bertz CT molecular complexity index is 593. The van der Waals surface area contributed by atoms with Gasteiger partial charge in [0, 0.05) is 5.56 Å². The summed E-state index contributed by atoms with van der Waals surface area (Å²) in [6.45, 7) is 0. The highest BCUT2D eigenvalue weighted by molar-refractivity contribution is 5.76. The van der Waals surface area contributed by atoms with Gasteiger partial charge >= 0.3 is 5.97 Å². The predicted octanol–water partition coefficient (Wildman–Crippen LogP) is 3.25.